The number of aliphatic hydroxyl groups is 1. The first-order valence-corrected chi connectivity index (χ1v) is 5.56. The van der Waals surface area contributed by atoms with Crippen molar-refractivity contribution in [3.05, 3.63) is 23.5 Å². The molecule has 0 fully saturated rings. The van der Waals surface area contributed by atoms with Gasteiger partial charge in [0.05, 0.1) is 0 Å². The van der Waals surface area contributed by atoms with E-state index >= 15 is 0 Å². The van der Waals surface area contributed by atoms with Gasteiger partial charge in [-0.05, 0) is 45.2 Å². The molecule has 0 saturated heterocycles. The largest absolute Gasteiger partial charge is 0.480 e. The lowest BCUT2D eigenvalue weighted by Crippen LogP contribution is -2.21. The molecule has 1 aromatic heterocycles. The number of carbonyl (C=O) groups is 1. The van der Waals surface area contributed by atoms with Crippen molar-refractivity contribution < 1.29 is 15.0 Å². The molecule has 1 heterocycles. The maximum atomic E-state index is 11.2. The van der Waals surface area contributed by atoms with Gasteiger partial charge in [0.2, 0.25) is 0 Å². The van der Waals surface area contributed by atoms with E-state index in [1.807, 2.05) is 30.5 Å². The highest BCUT2D eigenvalue weighted by atomic mass is 16.4. The molecule has 0 spiro atoms. The van der Waals surface area contributed by atoms with Crippen LogP contribution in [0.15, 0.2) is 12.1 Å². The van der Waals surface area contributed by atoms with Gasteiger partial charge < -0.3 is 14.8 Å². The summed E-state index contributed by atoms with van der Waals surface area (Å²) in [4.78, 5) is 11.2. The van der Waals surface area contributed by atoms with Crippen molar-refractivity contribution in [3.63, 3.8) is 0 Å². The lowest BCUT2D eigenvalue weighted by Gasteiger charge is -2.18. The Bertz CT molecular complexity index is 338. The third-order valence-electron chi connectivity index (χ3n) is 2.81. The Balaban J connectivity index is 2.81. The first-order chi connectivity index (χ1) is 7.57. The molecular formula is C12H19NO3. The van der Waals surface area contributed by atoms with Crippen LogP contribution < -0.4 is 0 Å². The predicted molar refractivity (Wildman–Crippen MR) is 61.5 cm³/mol. The van der Waals surface area contributed by atoms with E-state index in [1.165, 1.54) is 0 Å². The van der Waals surface area contributed by atoms with Crippen LogP contribution in [0.5, 0.6) is 0 Å². The van der Waals surface area contributed by atoms with Gasteiger partial charge in [0.1, 0.15) is 6.04 Å². The highest BCUT2D eigenvalue weighted by molar-refractivity contribution is 5.72. The van der Waals surface area contributed by atoms with Gasteiger partial charge in [-0.1, -0.05) is 0 Å². The second kappa shape index (κ2) is 5.70. The average Bonchev–Trinajstić information content (AvgIpc) is 2.54. The smallest absolute Gasteiger partial charge is 0.326 e. The van der Waals surface area contributed by atoms with Crippen molar-refractivity contribution in [1.82, 2.24) is 4.57 Å². The Hall–Kier alpha value is -1.29. The van der Waals surface area contributed by atoms with Gasteiger partial charge in [-0.25, -0.2) is 4.79 Å². The zero-order valence-corrected chi connectivity index (χ0v) is 9.81. The van der Waals surface area contributed by atoms with Crippen LogP contribution in [0.1, 0.15) is 36.7 Å². The lowest BCUT2D eigenvalue weighted by molar-refractivity contribution is -0.141. The van der Waals surface area contributed by atoms with Gasteiger partial charge in [-0.3, -0.25) is 0 Å². The molecule has 2 N–H and O–H groups in total. The molecule has 4 heteroatoms. The third kappa shape index (κ3) is 2.85. The molecule has 0 aliphatic heterocycles. The molecule has 0 radical (unpaired) electrons. The fraction of sp³-hybridized carbons (Fsp3) is 0.583. The summed E-state index contributed by atoms with van der Waals surface area (Å²) < 4.78 is 1.85. The molecule has 16 heavy (non-hydrogen) atoms. The van der Waals surface area contributed by atoms with Crippen molar-refractivity contribution in [1.29, 1.82) is 0 Å². The van der Waals surface area contributed by atoms with Gasteiger partial charge in [-0.15, -0.1) is 0 Å². The van der Waals surface area contributed by atoms with Gasteiger partial charge in [-0.2, -0.15) is 0 Å². The number of aliphatic hydroxyl groups excluding tert-OH is 1. The Kier molecular flexibility index (Phi) is 4.55. The molecular weight excluding hydrogens is 206 g/mol. The van der Waals surface area contributed by atoms with Crippen molar-refractivity contribution >= 4 is 5.97 Å². The summed E-state index contributed by atoms with van der Waals surface area (Å²) in [6, 6.07) is 3.34. The number of carboxylic acid groups (broad SMARTS) is 1. The summed E-state index contributed by atoms with van der Waals surface area (Å²) in [7, 11) is 0. The number of aromatic nitrogens is 1. The number of hydrogen-bond donors (Lipinski definition) is 2. The van der Waals surface area contributed by atoms with E-state index < -0.39 is 12.0 Å². The highest BCUT2D eigenvalue weighted by Crippen LogP contribution is 2.21. The maximum Gasteiger partial charge on any atom is 0.326 e. The number of aliphatic carboxylic acids is 1. The Labute approximate surface area is 95.5 Å². The molecule has 0 aromatic carbocycles. The molecule has 4 nitrogen and oxygen atoms in total. The van der Waals surface area contributed by atoms with Crippen LogP contribution in [0.2, 0.25) is 0 Å². The quantitative estimate of drug-likeness (QED) is 0.727. The summed E-state index contributed by atoms with van der Waals surface area (Å²) in [6.45, 7) is 3.94. The van der Waals surface area contributed by atoms with Gasteiger partial charge >= 0.3 is 5.97 Å². The maximum absolute atomic E-state index is 11.2. The monoisotopic (exact) mass is 225 g/mol. The van der Waals surface area contributed by atoms with Crippen LogP contribution in [0.4, 0.5) is 0 Å². The van der Waals surface area contributed by atoms with Gasteiger partial charge in [0.15, 0.2) is 0 Å². The van der Waals surface area contributed by atoms with Crippen LogP contribution >= 0.6 is 0 Å². The van der Waals surface area contributed by atoms with Crippen LogP contribution in [0.25, 0.3) is 0 Å². The standard InChI is InChI=1S/C12H19NO3/c1-9-6-7-10(2)13(9)11(12(15)16)5-3-4-8-14/h6-7,11,14H,3-5,8H2,1-2H3,(H,15,16)/t11-/m0/s1. The van der Waals surface area contributed by atoms with E-state index in [-0.39, 0.29) is 6.61 Å². The Morgan fingerprint density at radius 1 is 1.31 bits per heavy atom. The SMILES string of the molecule is Cc1ccc(C)n1[C@@H](CCCCO)C(=O)O. The molecule has 1 aromatic rings. The fourth-order valence-corrected chi connectivity index (χ4v) is 1.98. The number of rotatable bonds is 6. The second-order valence-electron chi connectivity index (χ2n) is 4.06. The molecule has 0 aliphatic carbocycles. The highest BCUT2D eigenvalue weighted by Gasteiger charge is 2.21. The Morgan fingerprint density at radius 3 is 2.31 bits per heavy atom. The van der Waals surface area contributed by atoms with Crippen LogP contribution in [0, 0.1) is 13.8 Å². The molecule has 0 saturated carbocycles. The van der Waals surface area contributed by atoms with Crippen molar-refractivity contribution in [2.24, 2.45) is 0 Å². The molecule has 1 atom stereocenters. The minimum absolute atomic E-state index is 0.121. The van der Waals surface area contributed by atoms with E-state index in [4.69, 9.17) is 5.11 Å². The predicted octanol–water partition coefficient (Wildman–Crippen LogP) is 1.89. The molecule has 0 bridgehead atoms. The molecule has 0 unspecified atom stereocenters. The molecule has 90 valence electrons. The molecule has 0 aliphatic rings. The van der Waals surface area contributed by atoms with E-state index in [9.17, 15) is 9.90 Å². The van der Waals surface area contributed by atoms with Crippen LogP contribution in [0.3, 0.4) is 0 Å². The summed E-state index contributed by atoms with van der Waals surface area (Å²) in [5, 5.41) is 17.9. The van der Waals surface area contributed by atoms with E-state index in [0.29, 0.717) is 12.8 Å². The summed E-state index contributed by atoms with van der Waals surface area (Å²) in [6.07, 6.45) is 1.94. The number of unbranched alkanes of at least 4 members (excludes halogenated alkanes) is 1. The fourth-order valence-electron chi connectivity index (χ4n) is 1.98. The average molecular weight is 225 g/mol. The third-order valence-corrected chi connectivity index (χ3v) is 2.81. The topological polar surface area (TPSA) is 62.5 Å². The molecule has 0 amide bonds. The number of aryl methyl sites for hydroxylation is 2. The normalized spacial score (nSPS) is 12.7. The van der Waals surface area contributed by atoms with E-state index in [0.717, 1.165) is 17.8 Å². The molecule has 1 rings (SSSR count). The van der Waals surface area contributed by atoms with E-state index in [1.54, 1.807) is 0 Å². The lowest BCUT2D eigenvalue weighted by atomic mass is 10.1. The minimum Gasteiger partial charge on any atom is -0.480 e. The van der Waals surface area contributed by atoms with Crippen molar-refractivity contribution in [2.45, 2.75) is 39.2 Å². The van der Waals surface area contributed by atoms with Crippen molar-refractivity contribution in [2.75, 3.05) is 6.61 Å². The Morgan fingerprint density at radius 2 is 1.88 bits per heavy atom. The summed E-state index contributed by atoms with van der Waals surface area (Å²) >= 11 is 0. The summed E-state index contributed by atoms with van der Waals surface area (Å²) in [5.74, 6) is -0.805. The van der Waals surface area contributed by atoms with Crippen LogP contribution in [-0.2, 0) is 4.79 Å². The number of nitrogens with zero attached hydrogens (tertiary/aromatic N) is 1. The van der Waals surface area contributed by atoms with Gasteiger partial charge in [0, 0.05) is 18.0 Å². The first kappa shape index (κ1) is 12.8. The van der Waals surface area contributed by atoms with Gasteiger partial charge in [0.25, 0.3) is 0 Å². The first-order valence-electron chi connectivity index (χ1n) is 5.56. The second-order valence-corrected chi connectivity index (χ2v) is 4.06. The summed E-state index contributed by atoms with van der Waals surface area (Å²) in [5.41, 5.74) is 1.93. The number of carboxylic acids is 1. The van der Waals surface area contributed by atoms with E-state index in [2.05, 4.69) is 0 Å². The minimum atomic E-state index is -0.805. The number of hydrogen-bond acceptors (Lipinski definition) is 2. The zero-order valence-electron chi connectivity index (χ0n) is 9.81. The van der Waals surface area contributed by atoms with Crippen molar-refractivity contribution in [3.8, 4) is 0 Å². The van der Waals surface area contributed by atoms with Crippen LogP contribution in [-0.4, -0.2) is 27.4 Å². The zero-order chi connectivity index (χ0) is 12.1.